The van der Waals surface area contributed by atoms with Crippen molar-refractivity contribution in [1.29, 1.82) is 0 Å². The summed E-state index contributed by atoms with van der Waals surface area (Å²) in [5.41, 5.74) is 1.30. The standard InChI is InChI=1S/C15H20N2O3/c1-3-4-10-16(2)14(18)9-11-17-12-7-5-6-8-13(12)20-15(17)19/h5-8H,3-4,9-11H2,1-2H3. The van der Waals surface area contributed by atoms with Gasteiger partial charge in [0.15, 0.2) is 5.58 Å². The Morgan fingerprint density at radius 1 is 1.35 bits per heavy atom. The minimum absolute atomic E-state index is 0.0515. The molecule has 0 unspecified atom stereocenters. The third kappa shape index (κ3) is 3.10. The normalized spacial score (nSPS) is 10.9. The van der Waals surface area contributed by atoms with E-state index in [0.717, 1.165) is 24.9 Å². The molecular weight excluding hydrogens is 256 g/mol. The maximum Gasteiger partial charge on any atom is 0.419 e. The molecule has 20 heavy (non-hydrogen) atoms. The third-order valence-corrected chi connectivity index (χ3v) is 3.40. The van der Waals surface area contributed by atoms with E-state index < -0.39 is 5.76 Å². The first kappa shape index (κ1) is 14.4. The van der Waals surface area contributed by atoms with E-state index in [1.165, 1.54) is 4.57 Å². The Morgan fingerprint density at radius 2 is 2.10 bits per heavy atom. The van der Waals surface area contributed by atoms with Gasteiger partial charge in [0, 0.05) is 26.6 Å². The average Bonchev–Trinajstić information content (AvgIpc) is 2.77. The van der Waals surface area contributed by atoms with Crippen molar-refractivity contribution in [3.8, 4) is 0 Å². The molecule has 5 heteroatoms. The number of amides is 1. The highest BCUT2D eigenvalue weighted by molar-refractivity contribution is 5.76. The van der Waals surface area contributed by atoms with Gasteiger partial charge in [0.1, 0.15) is 0 Å². The number of rotatable bonds is 6. The van der Waals surface area contributed by atoms with Crippen molar-refractivity contribution in [2.45, 2.75) is 32.7 Å². The van der Waals surface area contributed by atoms with Crippen LogP contribution in [0, 0.1) is 0 Å². The summed E-state index contributed by atoms with van der Waals surface area (Å²) in [5, 5.41) is 0. The molecule has 0 fully saturated rings. The number of aromatic nitrogens is 1. The maximum atomic E-state index is 12.0. The summed E-state index contributed by atoms with van der Waals surface area (Å²) in [6, 6.07) is 7.25. The van der Waals surface area contributed by atoms with Gasteiger partial charge < -0.3 is 9.32 Å². The van der Waals surface area contributed by atoms with Gasteiger partial charge >= 0.3 is 5.76 Å². The quantitative estimate of drug-likeness (QED) is 0.813. The molecule has 1 amide bonds. The number of nitrogens with zero attached hydrogens (tertiary/aromatic N) is 2. The van der Waals surface area contributed by atoms with Crippen molar-refractivity contribution in [3.63, 3.8) is 0 Å². The number of fused-ring (bicyclic) bond motifs is 1. The Morgan fingerprint density at radius 3 is 2.85 bits per heavy atom. The number of aryl methyl sites for hydroxylation is 1. The van der Waals surface area contributed by atoms with E-state index in [1.54, 1.807) is 18.0 Å². The minimum Gasteiger partial charge on any atom is -0.408 e. The zero-order valence-electron chi connectivity index (χ0n) is 12.0. The minimum atomic E-state index is -0.407. The molecule has 1 aromatic carbocycles. The van der Waals surface area contributed by atoms with Gasteiger partial charge in [0.25, 0.3) is 0 Å². The molecule has 5 nitrogen and oxygen atoms in total. The van der Waals surface area contributed by atoms with Crippen molar-refractivity contribution < 1.29 is 9.21 Å². The molecule has 0 N–H and O–H groups in total. The lowest BCUT2D eigenvalue weighted by Gasteiger charge is -2.16. The lowest BCUT2D eigenvalue weighted by atomic mass is 10.3. The number of oxazole rings is 1. The van der Waals surface area contributed by atoms with Gasteiger partial charge in [0.05, 0.1) is 5.52 Å². The van der Waals surface area contributed by atoms with Crippen LogP contribution in [0.1, 0.15) is 26.2 Å². The number of para-hydroxylation sites is 2. The van der Waals surface area contributed by atoms with Crippen LogP contribution in [0.2, 0.25) is 0 Å². The van der Waals surface area contributed by atoms with Crippen LogP contribution >= 0.6 is 0 Å². The van der Waals surface area contributed by atoms with E-state index in [-0.39, 0.29) is 5.91 Å². The van der Waals surface area contributed by atoms with Gasteiger partial charge in [-0.05, 0) is 18.6 Å². The molecule has 0 saturated carbocycles. The summed E-state index contributed by atoms with van der Waals surface area (Å²) >= 11 is 0. The zero-order chi connectivity index (χ0) is 14.5. The monoisotopic (exact) mass is 276 g/mol. The molecule has 0 aliphatic heterocycles. The Kier molecular flexibility index (Phi) is 4.61. The molecule has 0 spiro atoms. The molecule has 0 atom stereocenters. The van der Waals surface area contributed by atoms with Crippen LogP contribution in [0.25, 0.3) is 11.1 Å². The second-order valence-corrected chi connectivity index (χ2v) is 4.91. The van der Waals surface area contributed by atoms with E-state index in [4.69, 9.17) is 4.42 Å². The van der Waals surface area contributed by atoms with Gasteiger partial charge in [-0.3, -0.25) is 9.36 Å². The topological polar surface area (TPSA) is 55.5 Å². The van der Waals surface area contributed by atoms with Crippen LogP contribution in [0.4, 0.5) is 0 Å². The van der Waals surface area contributed by atoms with Crippen molar-refractivity contribution in [2.75, 3.05) is 13.6 Å². The number of unbranched alkanes of at least 4 members (excludes halogenated alkanes) is 1. The highest BCUT2D eigenvalue weighted by atomic mass is 16.4. The van der Waals surface area contributed by atoms with Crippen molar-refractivity contribution in [1.82, 2.24) is 9.47 Å². The fourth-order valence-corrected chi connectivity index (χ4v) is 2.14. The maximum absolute atomic E-state index is 12.0. The fourth-order valence-electron chi connectivity index (χ4n) is 2.14. The summed E-state index contributed by atoms with van der Waals surface area (Å²) in [7, 11) is 1.80. The molecule has 1 aromatic heterocycles. The lowest BCUT2D eigenvalue weighted by molar-refractivity contribution is -0.130. The van der Waals surface area contributed by atoms with E-state index in [2.05, 4.69) is 6.92 Å². The lowest BCUT2D eigenvalue weighted by Crippen LogP contribution is -2.29. The fraction of sp³-hybridized carbons (Fsp3) is 0.467. The highest BCUT2D eigenvalue weighted by Gasteiger charge is 2.12. The van der Waals surface area contributed by atoms with Crippen LogP contribution in [0.3, 0.4) is 0 Å². The van der Waals surface area contributed by atoms with E-state index in [9.17, 15) is 9.59 Å². The number of carbonyl (C=O) groups is 1. The molecule has 0 radical (unpaired) electrons. The Balaban J connectivity index is 2.04. The Bertz CT molecular complexity index is 642. The molecule has 1 heterocycles. The molecule has 2 aromatic rings. The summed E-state index contributed by atoms with van der Waals surface area (Å²) in [5.74, 6) is -0.356. The molecule has 0 aliphatic rings. The first-order valence-corrected chi connectivity index (χ1v) is 6.95. The Hall–Kier alpha value is -2.04. The van der Waals surface area contributed by atoms with Crippen molar-refractivity contribution in [3.05, 3.63) is 34.8 Å². The smallest absolute Gasteiger partial charge is 0.408 e. The Labute approximate surface area is 117 Å². The van der Waals surface area contributed by atoms with Crippen LogP contribution in [0.5, 0.6) is 0 Å². The first-order valence-electron chi connectivity index (χ1n) is 6.95. The average molecular weight is 276 g/mol. The summed E-state index contributed by atoms with van der Waals surface area (Å²) in [6.07, 6.45) is 2.37. The van der Waals surface area contributed by atoms with Gasteiger partial charge in [-0.2, -0.15) is 0 Å². The van der Waals surface area contributed by atoms with Crippen LogP contribution in [-0.4, -0.2) is 29.0 Å². The number of hydrogen-bond acceptors (Lipinski definition) is 3. The summed E-state index contributed by atoms with van der Waals surface area (Å²) in [4.78, 5) is 25.5. The second-order valence-electron chi connectivity index (χ2n) is 4.91. The number of benzene rings is 1. The summed E-state index contributed by atoms with van der Waals surface area (Å²) < 4.78 is 6.65. The number of hydrogen-bond donors (Lipinski definition) is 0. The van der Waals surface area contributed by atoms with Gasteiger partial charge in [0.2, 0.25) is 5.91 Å². The van der Waals surface area contributed by atoms with Gasteiger partial charge in [-0.15, -0.1) is 0 Å². The second kappa shape index (κ2) is 6.41. The molecular formula is C15H20N2O3. The number of carbonyl (C=O) groups excluding carboxylic acids is 1. The zero-order valence-corrected chi connectivity index (χ0v) is 12.0. The van der Waals surface area contributed by atoms with Crippen LogP contribution in [0.15, 0.2) is 33.5 Å². The van der Waals surface area contributed by atoms with Crippen LogP contribution < -0.4 is 5.76 Å². The molecule has 0 aliphatic carbocycles. The van der Waals surface area contributed by atoms with Gasteiger partial charge in [-0.1, -0.05) is 25.5 Å². The van der Waals surface area contributed by atoms with Gasteiger partial charge in [-0.25, -0.2) is 4.79 Å². The van der Waals surface area contributed by atoms with E-state index in [0.29, 0.717) is 18.5 Å². The SMILES string of the molecule is CCCCN(C)C(=O)CCn1c(=O)oc2ccccc21. The summed E-state index contributed by atoms with van der Waals surface area (Å²) in [6.45, 7) is 3.21. The molecule has 108 valence electrons. The van der Waals surface area contributed by atoms with Crippen LogP contribution in [-0.2, 0) is 11.3 Å². The molecule has 0 bridgehead atoms. The van der Waals surface area contributed by atoms with E-state index in [1.807, 2.05) is 18.2 Å². The predicted octanol–water partition coefficient (Wildman–Crippen LogP) is 2.24. The van der Waals surface area contributed by atoms with Crippen molar-refractivity contribution in [2.24, 2.45) is 0 Å². The molecule has 0 saturated heterocycles. The molecule has 2 rings (SSSR count). The van der Waals surface area contributed by atoms with Crippen molar-refractivity contribution >= 4 is 17.0 Å². The predicted molar refractivity (Wildman–Crippen MR) is 77.6 cm³/mol. The highest BCUT2D eigenvalue weighted by Crippen LogP contribution is 2.12. The third-order valence-electron chi connectivity index (χ3n) is 3.40. The largest absolute Gasteiger partial charge is 0.419 e. The first-order chi connectivity index (χ1) is 9.63. The van der Waals surface area contributed by atoms with E-state index >= 15 is 0 Å².